The van der Waals surface area contributed by atoms with Gasteiger partial charge in [0.25, 0.3) is 0 Å². The van der Waals surface area contributed by atoms with Gasteiger partial charge in [-0.15, -0.1) is 0 Å². The number of halogens is 1. The van der Waals surface area contributed by atoms with Crippen LogP contribution in [0.1, 0.15) is 33.6 Å². The maximum absolute atomic E-state index is 14.3. The molecule has 47 heavy (non-hydrogen) atoms. The summed E-state index contributed by atoms with van der Waals surface area (Å²) in [5.41, 5.74) is 3.33. The highest BCUT2D eigenvalue weighted by molar-refractivity contribution is 5.96. The number of nitriles is 1. The molecule has 0 unspecified atom stereocenters. The number of nitrogens with zero attached hydrogens (tertiary/aromatic N) is 5. The summed E-state index contributed by atoms with van der Waals surface area (Å²) in [4.78, 5) is 22.3. The van der Waals surface area contributed by atoms with Gasteiger partial charge in [0.15, 0.2) is 0 Å². The first-order chi connectivity index (χ1) is 23.0. The number of anilines is 1. The van der Waals surface area contributed by atoms with Crippen LogP contribution < -0.4 is 14.4 Å². The molecule has 1 atom stereocenters. The van der Waals surface area contributed by atoms with Crippen molar-refractivity contribution in [3.8, 4) is 17.7 Å². The second-order valence-corrected chi connectivity index (χ2v) is 11.8. The number of benzene rings is 3. The summed E-state index contributed by atoms with van der Waals surface area (Å²) < 4.78 is 33.8. The van der Waals surface area contributed by atoms with E-state index in [1.54, 1.807) is 30.3 Å². The molecule has 10 heteroatoms. The monoisotopic (exact) mass is 631 g/mol. The van der Waals surface area contributed by atoms with Gasteiger partial charge in [-0.2, -0.15) is 10.2 Å². The number of ether oxygens (including phenoxy) is 3. The number of para-hydroxylation sites is 1. The van der Waals surface area contributed by atoms with E-state index in [0.717, 1.165) is 69.0 Å². The van der Waals surface area contributed by atoms with Crippen molar-refractivity contribution < 1.29 is 23.4 Å². The maximum Gasteiger partial charge on any atom is 0.343 e. The zero-order valence-electron chi connectivity index (χ0n) is 25.8. The van der Waals surface area contributed by atoms with Crippen molar-refractivity contribution >= 4 is 22.7 Å². The first kappa shape index (κ1) is 30.4. The fourth-order valence-electron chi connectivity index (χ4n) is 5.98. The van der Waals surface area contributed by atoms with E-state index < -0.39 is 5.82 Å². The number of pyridine rings is 1. The van der Waals surface area contributed by atoms with Crippen molar-refractivity contribution in [2.75, 3.05) is 37.7 Å². The lowest BCUT2D eigenvalue weighted by atomic mass is 10.1. The molecule has 0 N–H and O–H groups in total. The summed E-state index contributed by atoms with van der Waals surface area (Å²) in [5, 5.41) is 10.0. The molecule has 2 aliphatic heterocycles. The van der Waals surface area contributed by atoms with Gasteiger partial charge in [0.2, 0.25) is 5.88 Å². The normalized spacial score (nSPS) is 16.4. The zero-order chi connectivity index (χ0) is 32.2. The Morgan fingerprint density at radius 3 is 2.55 bits per heavy atom. The van der Waals surface area contributed by atoms with Gasteiger partial charge in [0.1, 0.15) is 24.0 Å². The third kappa shape index (κ3) is 6.97. The van der Waals surface area contributed by atoms with Crippen molar-refractivity contribution in [2.45, 2.75) is 32.2 Å². The lowest BCUT2D eigenvalue weighted by molar-refractivity contribution is -0.0590. The molecule has 7 rings (SSSR count). The molecule has 0 amide bonds. The van der Waals surface area contributed by atoms with Crippen LogP contribution in [0.4, 0.5) is 10.2 Å². The fraction of sp³-hybridized carbons (Fsp3) is 0.270. The molecule has 0 bridgehead atoms. The van der Waals surface area contributed by atoms with Gasteiger partial charge < -0.3 is 23.7 Å². The Labute approximate surface area is 272 Å². The molecule has 238 valence electrons. The average Bonchev–Trinajstić information content (AvgIpc) is 3.42. The first-order valence-electron chi connectivity index (χ1n) is 15.8. The number of rotatable bonds is 10. The Bertz CT molecular complexity index is 1930. The molecule has 0 spiro atoms. The molecule has 4 heterocycles. The van der Waals surface area contributed by atoms with Gasteiger partial charge in [-0.05, 0) is 60.3 Å². The van der Waals surface area contributed by atoms with E-state index in [1.807, 2.05) is 54.6 Å². The van der Waals surface area contributed by atoms with Crippen molar-refractivity contribution in [1.82, 2.24) is 14.5 Å². The number of carbonyl (C=O) groups excluding carboxylic acids is 1. The van der Waals surface area contributed by atoms with Crippen LogP contribution >= 0.6 is 0 Å². The average molecular weight is 632 g/mol. The number of hydrogen-bond acceptors (Lipinski definition) is 8. The van der Waals surface area contributed by atoms with Crippen LogP contribution in [0.5, 0.6) is 11.6 Å². The third-order valence-electron chi connectivity index (χ3n) is 8.71. The van der Waals surface area contributed by atoms with Crippen LogP contribution in [0.3, 0.4) is 0 Å². The molecular formula is C37H34FN5O4. The summed E-state index contributed by atoms with van der Waals surface area (Å²) in [5.74, 6) is 0.898. The van der Waals surface area contributed by atoms with Gasteiger partial charge in [0, 0.05) is 68.7 Å². The number of carbonyl (C=O) groups is 1. The Balaban J connectivity index is 1.01. The largest absolute Gasteiger partial charge is 0.473 e. The highest BCUT2D eigenvalue weighted by atomic mass is 19.1. The minimum absolute atomic E-state index is 0.0252. The second-order valence-electron chi connectivity index (χ2n) is 11.8. The number of fused-ring (bicyclic) bond motifs is 1. The van der Waals surface area contributed by atoms with Gasteiger partial charge in [0.05, 0.1) is 23.3 Å². The molecule has 5 aromatic rings. The van der Waals surface area contributed by atoms with Crippen LogP contribution in [-0.4, -0.2) is 59.3 Å². The topological polar surface area (TPSA) is 92.8 Å². The number of hydrogen-bond donors (Lipinski definition) is 0. The predicted octanol–water partition coefficient (Wildman–Crippen LogP) is 5.96. The lowest BCUT2D eigenvalue weighted by Crippen LogP contribution is -2.46. The van der Waals surface area contributed by atoms with Crippen molar-refractivity contribution in [1.29, 1.82) is 5.26 Å². The van der Waals surface area contributed by atoms with Crippen molar-refractivity contribution in [3.63, 3.8) is 0 Å². The van der Waals surface area contributed by atoms with Gasteiger partial charge in [-0.1, -0.05) is 36.4 Å². The van der Waals surface area contributed by atoms with Crippen molar-refractivity contribution in [3.05, 3.63) is 119 Å². The van der Waals surface area contributed by atoms with E-state index in [4.69, 9.17) is 19.5 Å². The van der Waals surface area contributed by atoms with Gasteiger partial charge in [-0.3, -0.25) is 4.90 Å². The SMILES string of the molecule is N#Cc1ccc(COc2cccc(N3CCN(Cc4cc5ccc(C(=O)Oc6ccccc6)cc5n4C[C@@H]4CCO4)CC3)n2)c(F)c1. The quantitative estimate of drug-likeness (QED) is 0.138. The Morgan fingerprint density at radius 2 is 1.81 bits per heavy atom. The second kappa shape index (κ2) is 13.6. The van der Waals surface area contributed by atoms with Crippen LogP contribution in [-0.2, 0) is 24.4 Å². The van der Waals surface area contributed by atoms with Crippen LogP contribution in [0, 0.1) is 17.1 Å². The van der Waals surface area contributed by atoms with Crippen LogP contribution in [0.15, 0.2) is 91.0 Å². The minimum atomic E-state index is -0.471. The number of esters is 1. The van der Waals surface area contributed by atoms with E-state index >= 15 is 0 Å². The predicted molar refractivity (Wildman–Crippen MR) is 175 cm³/mol. The van der Waals surface area contributed by atoms with Gasteiger partial charge >= 0.3 is 5.97 Å². The number of piperazine rings is 1. The molecule has 3 aromatic carbocycles. The summed E-state index contributed by atoms with van der Waals surface area (Å²) in [6.45, 7) is 5.59. The van der Waals surface area contributed by atoms with Crippen LogP contribution in [0.2, 0.25) is 0 Å². The Hall–Kier alpha value is -5.24. The van der Waals surface area contributed by atoms with E-state index in [0.29, 0.717) is 22.8 Å². The molecule has 0 radical (unpaired) electrons. The van der Waals surface area contributed by atoms with E-state index in [2.05, 4.69) is 25.4 Å². The summed E-state index contributed by atoms with van der Waals surface area (Å²) in [7, 11) is 0. The molecular weight excluding hydrogens is 597 g/mol. The minimum Gasteiger partial charge on any atom is -0.473 e. The van der Waals surface area contributed by atoms with Gasteiger partial charge in [-0.25, -0.2) is 9.18 Å². The standard InChI is InChI=1S/C37H34FN5O4/c38-33-19-26(22-39)9-10-29(33)25-46-36-8-4-7-35(40-36)42-16-14-41(15-17-42)23-30-20-27-11-12-28(37(44)47-31-5-2-1-3-6-31)21-34(27)43(30)24-32-13-18-45-32/h1-12,19-21,32H,13-18,23-25H2/t32-/m0/s1. The fourth-order valence-corrected chi connectivity index (χ4v) is 5.98. The smallest absolute Gasteiger partial charge is 0.343 e. The molecule has 2 saturated heterocycles. The first-order valence-corrected chi connectivity index (χ1v) is 15.8. The maximum atomic E-state index is 14.3. The third-order valence-corrected chi connectivity index (χ3v) is 8.71. The van der Waals surface area contributed by atoms with Crippen molar-refractivity contribution in [2.24, 2.45) is 0 Å². The van der Waals surface area contributed by atoms with E-state index in [-0.39, 0.29) is 24.2 Å². The summed E-state index contributed by atoms with van der Waals surface area (Å²) in [6, 6.07) is 29.0. The molecule has 2 aromatic heterocycles. The Morgan fingerprint density at radius 1 is 0.979 bits per heavy atom. The summed E-state index contributed by atoms with van der Waals surface area (Å²) in [6.07, 6.45) is 1.18. The van der Waals surface area contributed by atoms with E-state index in [1.165, 1.54) is 11.8 Å². The number of aromatic nitrogens is 2. The summed E-state index contributed by atoms with van der Waals surface area (Å²) >= 11 is 0. The highest BCUT2D eigenvalue weighted by Gasteiger charge is 2.24. The van der Waals surface area contributed by atoms with E-state index in [9.17, 15) is 9.18 Å². The molecule has 9 nitrogen and oxygen atoms in total. The lowest BCUT2D eigenvalue weighted by Gasteiger charge is -2.36. The molecule has 2 aliphatic rings. The highest BCUT2D eigenvalue weighted by Crippen LogP contribution is 2.27. The molecule has 2 fully saturated rings. The van der Waals surface area contributed by atoms with Crippen LogP contribution in [0.25, 0.3) is 10.9 Å². The molecule has 0 aliphatic carbocycles. The Kier molecular flexibility index (Phi) is 8.82. The molecule has 0 saturated carbocycles. The zero-order valence-corrected chi connectivity index (χ0v) is 25.8.